The second-order valence-electron chi connectivity index (χ2n) is 5.94. The number of fused-ring (bicyclic) bond motifs is 1. The van der Waals surface area contributed by atoms with Gasteiger partial charge in [-0.15, -0.1) is 17.9 Å². The molecule has 1 aromatic heterocycles. The van der Waals surface area contributed by atoms with Gasteiger partial charge in [0.25, 0.3) is 5.91 Å². The summed E-state index contributed by atoms with van der Waals surface area (Å²) in [5.74, 6) is 1.01. The zero-order valence-corrected chi connectivity index (χ0v) is 16.3. The first-order valence-corrected chi connectivity index (χ1v) is 9.46. The zero-order valence-electron chi connectivity index (χ0n) is 15.5. The molecule has 0 unspecified atom stereocenters. The van der Waals surface area contributed by atoms with Crippen LogP contribution < -0.4 is 14.8 Å². The van der Waals surface area contributed by atoms with Crippen molar-refractivity contribution in [1.82, 2.24) is 10.3 Å². The Morgan fingerprint density at radius 3 is 2.78 bits per heavy atom. The maximum Gasteiger partial charge on any atom is 0.251 e. The molecular weight excluding hydrogens is 360 g/mol. The largest absolute Gasteiger partial charge is 0.493 e. The molecule has 1 amide bonds. The lowest BCUT2D eigenvalue weighted by molar-refractivity contribution is 0.0953. The van der Waals surface area contributed by atoms with Crippen molar-refractivity contribution >= 4 is 27.5 Å². The number of hydrogen-bond donors (Lipinski definition) is 1. The lowest BCUT2D eigenvalue weighted by atomic mass is 10.0. The average molecular weight is 382 g/mol. The molecule has 0 fully saturated rings. The number of rotatable bonds is 8. The van der Waals surface area contributed by atoms with Crippen LogP contribution in [-0.4, -0.2) is 31.7 Å². The van der Waals surface area contributed by atoms with Crippen molar-refractivity contribution in [3.63, 3.8) is 0 Å². The molecule has 1 heterocycles. The molecule has 0 bridgehead atoms. The van der Waals surface area contributed by atoms with Gasteiger partial charge in [-0.25, -0.2) is 4.98 Å². The lowest BCUT2D eigenvalue weighted by Crippen LogP contribution is -2.25. The summed E-state index contributed by atoms with van der Waals surface area (Å²) in [6.07, 6.45) is 3.05. The van der Waals surface area contributed by atoms with Gasteiger partial charge in [0.15, 0.2) is 11.5 Å². The Labute approximate surface area is 162 Å². The SMILES string of the molecule is C=CCc1cc(C(=O)NCCc2nc3ccccc3s2)cc(OC)c1OC. The summed E-state index contributed by atoms with van der Waals surface area (Å²) < 4.78 is 11.9. The first-order chi connectivity index (χ1) is 13.2. The molecule has 3 rings (SSSR count). The third-order valence-corrected chi connectivity index (χ3v) is 5.24. The lowest BCUT2D eigenvalue weighted by Gasteiger charge is -2.14. The van der Waals surface area contributed by atoms with E-state index in [2.05, 4.69) is 22.9 Å². The standard InChI is InChI=1S/C21H22N2O3S/c1-4-7-14-12-15(13-17(25-2)20(14)26-3)21(24)22-11-10-19-23-16-8-5-6-9-18(16)27-19/h4-6,8-9,12-13H,1,7,10-11H2,2-3H3,(H,22,24). The number of allylic oxidation sites excluding steroid dienone is 1. The predicted molar refractivity (Wildman–Crippen MR) is 109 cm³/mol. The Balaban J connectivity index is 1.69. The number of aromatic nitrogens is 1. The molecule has 0 aliphatic heterocycles. The van der Waals surface area contributed by atoms with Crippen LogP contribution in [0.2, 0.25) is 0 Å². The summed E-state index contributed by atoms with van der Waals surface area (Å²) in [6.45, 7) is 4.28. The van der Waals surface area contributed by atoms with E-state index in [1.54, 1.807) is 37.7 Å². The molecule has 0 aliphatic rings. The Bertz CT molecular complexity index is 932. The van der Waals surface area contributed by atoms with Gasteiger partial charge in [-0.1, -0.05) is 18.2 Å². The molecule has 1 N–H and O–H groups in total. The van der Waals surface area contributed by atoms with E-state index < -0.39 is 0 Å². The number of nitrogens with one attached hydrogen (secondary N) is 1. The number of methoxy groups -OCH3 is 2. The first kappa shape index (κ1) is 18.9. The van der Waals surface area contributed by atoms with Gasteiger partial charge in [-0.05, 0) is 30.7 Å². The number of para-hydroxylation sites is 1. The summed E-state index contributed by atoms with van der Waals surface area (Å²) in [5, 5.41) is 3.97. The summed E-state index contributed by atoms with van der Waals surface area (Å²) >= 11 is 1.65. The Morgan fingerprint density at radius 1 is 1.26 bits per heavy atom. The van der Waals surface area contributed by atoms with Gasteiger partial charge in [0.1, 0.15) is 0 Å². The van der Waals surface area contributed by atoms with Crippen LogP contribution in [0.15, 0.2) is 49.1 Å². The number of carbonyl (C=O) groups excluding carboxylic acids is 1. The fourth-order valence-corrected chi connectivity index (χ4v) is 3.86. The van der Waals surface area contributed by atoms with E-state index in [4.69, 9.17) is 9.47 Å². The Hall–Kier alpha value is -2.86. The molecule has 0 saturated heterocycles. The van der Waals surface area contributed by atoms with Crippen molar-refractivity contribution in [2.75, 3.05) is 20.8 Å². The van der Waals surface area contributed by atoms with Crippen molar-refractivity contribution in [1.29, 1.82) is 0 Å². The van der Waals surface area contributed by atoms with Crippen molar-refractivity contribution in [2.24, 2.45) is 0 Å². The normalized spacial score (nSPS) is 10.6. The minimum atomic E-state index is -0.151. The van der Waals surface area contributed by atoms with Crippen LogP contribution in [0.4, 0.5) is 0 Å². The highest BCUT2D eigenvalue weighted by Gasteiger charge is 2.15. The molecule has 0 radical (unpaired) electrons. The van der Waals surface area contributed by atoms with Crippen LogP contribution in [0, 0.1) is 0 Å². The van der Waals surface area contributed by atoms with Crippen LogP contribution >= 0.6 is 11.3 Å². The van der Waals surface area contributed by atoms with E-state index in [0.29, 0.717) is 36.4 Å². The van der Waals surface area contributed by atoms with Crippen LogP contribution in [-0.2, 0) is 12.8 Å². The molecule has 3 aromatic rings. The number of benzene rings is 2. The highest BCUT2D eigenvalue weighted by atomic mass is 32.1. The van der Waals surface area contributed by atoms with Crippen LogP contribution in [0.3, 0.4) is 0 Å². The Kier molecular flexibility index (Phi) is 6.08. The highest BCUT2D eigenvalue weighted by Crippen LogP contribution is 2.33. The highest BCUT2D eigenvalue weighted by molar-refractivity contribution is 7.18. The van der Waals surface area contributed by atoms with Gasteiger partial charge in [-0.2, -0.15) is 0 Å². The molecular formula is C21H22N2O3S. The first-order valence-electron chi connectivity index (χ1n) is 8.64. The average Bonchev–Trinajstić information content (AvgIpc) is 3.10. The van der Waals surface area contributed by atoms with Gasteiger partial charge < -0.3 is 14.8 Å². The number of amides is 1. The van der Waals surface area contributed by atoms with Crippen molar-refractivity contribution in [3.8, 4) is 11.5 Å². The quantitative estimate of drug-likeness (QED) is 0.598. The topological polar surface area (TPSA) is 60.5 Å². The van der Waals surface area contributed by atoms with Gasteiger partial charge >= 0.3 is 0 Å². The second kappa shape index (κ2) is 8.68. The minimum absolute atomic E-state index is 0.151. The van der Waals surface area contributed by atoms with Crippen molar-refractivity contribution < 1.29 is 14.3 Å². The maximum absolute atomic E-state index is 12.6. The van der Waals surface area contributed by atoms with E-state index >= 15 is 0 Å². The summed E-state index contributed by atoms with van der Waals surface area (Å²) in [5.41, 5.74) is 2.40. The molecule has 0 saturated carbocycles. The number of ether oxygens (including phenoxy) is 2. The summed E-state index contributed by atoms with van der Waals surface area (Å²) in [4.78, 5) is 17.2. The summed E-state index contributed by atoms with van der Waals surface area (Å²) in [6, 6.07) is 11.5. The molecule has 0 spiro atoms. The molecule has 2 aromatic carbocycles. The third-order valence-electron chi connectivity index (χ3n) is 4.14. The molecule has 6 heteroatoms. The number of nitrogens with zero attached hydrogens (tertiary/aromatic N) is 1. The monoisotopic (exact) mass is 382 g/mol. The zero-order chi connectivity index (χ0) is 19.2. The predicted octanol–water partition coefficient (Wildman–Crippen LogP) is 4.01. The van der Waals surface area contributed by atoms with Crippen LogP contribution in [0.25, 0.3) is 10.2 Å². The minimum Gasteiger partial charge on any atom is -0.493 e. The fraction of sp³-hybridized carbons (Fsp3) is 0.238. The van der Waals surface area contributed by atoms with Gasteiger partial charge in [0.2, 0.25) is 0 Å². The third kappa shape index (κ3) is 4.28. The van der Waals surface area contributed by atoms with E-state index in [1.807, 2.05) is 24.3 Å². The van der Waals surface area contributed by atoms with Crippen molar-refractivity contribution in [3.05, 3.63) is 65.2 Å². The molecule has 0 aliphatic carbocycles. The van der Waals surface area contributed by atoms with Gasteiger partial charge in [-0.3, -0.25) is 4.79 Å². The Morgan fingerprint density at radius 2 is 2.07 bits per heavy atom. The molecule has 5 nitrogen and oxygen atoms in total. The van der Waals surface area contributed by atoms with Crippen molar-refractivity contribution in [2.45, 2.75) is 12.8 Å². The number of thiazole rings is 1. The fourth-order valence-electron chi connectivity index (χ4n) is 2.89. The van der Waals surface area contributed by atoms with Gasteiger partial charge in [0.05, 0.1) is 29.4 Å². The van der Waals surface area contributed by atoms with Crippen LogP contribution in [0.5, 0.6) is 11.5 Å². The van der Waals surface area contributed by atoms with Gasteiger partial charge in [0, 0.05) is 24.1 Å². The van der Waals surface area contributed by atoms with Crippen LogP contribution in [0.1, 0.15) is 20.9 Å². The van der Waals surface area contributed by atoms with E-state index in [9.17, 15) is 4.79 Å². The number of hydrogen-bond acceptors (Lipinski definition) is 5. The number of carbonyl (C=O) groups is 1. The van der Waals surface area contributed by atoms with E-state index in [-0.39, 0.29) is 5.91 Å². The van der Waals surface area contributed by atoms with E-state index in [0.717, 1.165) is 20.8 Å². The van der Waals surface area contributed by atoms with E-state index in [1.165, 1.54) is 0 Å². The molecule has 0 atom stereocenters. The second-order valence-corrected chi connectivity index (χ2v) is 7.06. The summed E-state index contributed by atoms with van der Waals surface area (Å²) in [7, 11) is 3.15. The maximum atomic E-state index is 12.6. The smallest absolute Gasteiger partial charge is 0.251 e. The molecule has 27 heavy (non-hydrogen) atoms. The molecule has 140 valence electrons.